The first-order valence-corrected chi connectivity index (χ1v) is 6.70. The van der Waals surface area contributed by atoms with Gasteiger partial charge in [0.2, 0.25) is 0 Å². The maximum atomic E-state index is 12.0. The van der Waals surface area contributed by atoms with Gasteiger partial charge in [-0.05, 0) is 38.8 Å². The first-order chi connectivity index (χ1) is 8.25. The zero-order chi connectivity index (χ0) is 13.9. The standard InChI is InChI=1S/C13H19NO3S/c1-5-9-8(2)6-10(18-9)12(17)14-13(3,4)7-11(15)16/h6H,5,7H2,1-4H3,(H,14,17)(H,15,16). The molecule has 2 N–H and O–H groups in total. The lowest BCUT2D eigenvalue weighted by Gasteiger charge is -2.23. The number of carboxylic acids is 1. The molecular weight excluding hydrogens is 250 g/mol. The number of aryl methyl sites for hydroxylation is 2. The van der Waals surface area contributed by atoms with Crippen LogP contribution in [0.4, 0.5) is 0 Å². The molecule has 100 valence electrons. The smallest absolute Gasteiger partial charge is 0.305 e. The number of carbonyl (C=O) groups is 2. The van der Waals surface area contributed by atoms with Crippen molar-refractivity contribution in [2.24, 2.45) is 0 Å². The summed E-state index contributed by atoms with van der Waals surface area (Å²) in [5.74, 6) is -1.12. The molecule has 1 aromatic rings. The molecule has 0 saturated heterocycles. The van der Waals surface area contributed by atoms with Gasteiger partial charge in [0.25, 0.3) is 5.91 Å². The molecule has 0 atom stereocenters. The van der Waals surface area contributed by atoms with E-state index >= 15 is 0 Å². The van der Waals surface area contributed by atoms with Crippen LogP contribution in [0.15, 0.2) is 6.07 Å². The average molecular weight is 269 g/mol. The summed E-state index contributed by atoms with van der Waals surface area (Å²) in [5.41, 5.74) is 0.372. The Morgan fingerprint density at radius 2 is 2.06 bits per heavy atom. The summed E-state index contributed by atoms with van der Waals surface area (Å²) in [5, 5.41) is 11.5. The Balaban J connectivity index is 2.78. The number of thiophene rings is 1. The minimum atomic E-state index is -0.920. The van der Waals surface area contributed by atoms with E-state index in [4.69, 9.17) is 5.11 Å². The molecule has 1 heterocycles. The van der Waals surface area contributed by atoms with Crippen molar-refractivity contribution in [1.29, 1.82) is 0 Å². The van der Waals surface area contributed by atoms with Gasteiger partial charge >= 0.3 is 5.97 Å². The van der Waals surface area contributed by atoms with Crippen molar-refractivity contribution < 1.29 is 14.7 Å². The predicted octanol–water partition coefficient (Wildman–Crippen LogP) is 2.60. The summed E-state index contributed by atoms with van der Waals surface area (Å²) >= 11 is 1.47. The van der Waals surface area contributed by atoms with Gasteiger partial charge in [0.15, 0.2) is 0 Å². The molecule has 0 fully saturated rings. The Kier molecular flexibility index (Phi) is 4.51. The fraction of sp³-hybridized carbons (Fsp3) is 0.538. The minimum absolute atomic E-state index is 0.0935. The summed E-state index contributed by atoms with van der Waals surface area (Å²) in [6.07, 6.45) is 0.812. The summed E-state index contributed by atoms with van der Waals surface area (Å²) in [6, 6.07) is 1.86. The van der Waals surface area contributed by atoms with Gasteiger partial charge in [0.05, 0.1) is 11.3 Å². The third-order valence-corrected chi connectivity index (χ3v) is 3.99. The van der Waals surface area contributed by atoms with E-state index in [0.29, 0.717) is 4.88 Å². The number of hydrogen-bond donors (Lipinski definition) is 2. The first kappa shape index (κ1) is 14.7. The van der Waals surface area contributed by atoms with E-state index in [1.807, 2.05) is 13.0 Å². The summed E-state index contributed by atoms with van der Waals surface area (Å²) < 4.78 is 0. The number of aliphatic carboxylic acids is 1. The van der Waals surface area contributed by atoms with Crippen LogP contribution in [0.3, 0.4) is 0 Å². The normalized spacial score (nSPS) is 11.3. The largest absolute Gasteiger partial charge is 0.481 e. The molecule has 0 aromatic carbocycles. The van der Waals surface area contributed by atoms with Crippen LogP contribution in [-0.2, 0) is 11.2 Å². The molecule has 1 amide bonds. The molecule has 1 aromatic heterocycles. The monoisotopic (exact) mass is 269 g/mol. The van der Waals surface area contributed by atoms with Crippen molar-refractivity contribution in [3.8, 4) is 0 Å². The highest BCUT2D eigenvalue weighted by Crippen LogP contribution is 2.23. The molecule has 18 heavy (non-hydrogen) atoms. The molecule has 0 radical (unpaired) electrons. The van der Waals surface area contributed by atoms with Gasteiger partial charge in [0, 0.05) is 10.4 Å². The Morgan fingerprint density at radius 1 is 1.44 bits per heavy atom. The number of carboxylic acid groups (broad SMARTS) is 1. The molecule has 0 unspecified atom stereocenters. The van der Waals surface area contributed by atoms with E-state index < -0.39 is 11.5 Å². The Hall–Kier alpha value is -1.36. The highest BCUT2D eigenvalue weighted by Gasteiger charge is 2.25. The van der Waals surface area contributed by atoms with Gasteiger partial charge in [-0.2, -0.15) is 0 Å². The third-order valence-electron chi connectivity index (χ3n) is 2.61. The number of hydrogen-bond acceptors (Lipinski definition) is 3. The fourth-order valence-electron chi connectivity index (χ4n) is 1.77. The number of rotatable bonds is 5. The van der Waals surface area contributed by atoms with E-state index in [2.05, 4.69) is 12.2 Å². The van der Waals surface area contributed by atoms with E-state index in [1.54, 1.807) is 13.8 Å². The SMILES string of the molecule is CCc1sc(C(=O)NC(C)(C)CC(=O)O)cc1C. The van der Waals surface area contributed by atoms with Gasteiger partial charge in [0.1, 0.15) is 0 Å². The molecular formula is C13H19NO3S. The van der Waals surface area contributed by atoms with Crippen LogP contribution in [0.2, 0.25) is 0 Å². The molecule has 1 rings (SSSR count). The second kappa shape index (κ2) is 5.52. The van der Waals surface area contributed by atoms with Crippen molar-refractivity contribution in [3.05, 3.63) is 21.4 Å². The van der Waals surface area contributed by atoms with E-state index in [-0.39, 0.29) is 12.3 Å². The van der Waals surface area contributed by atoms with Crippen LogP contribution in [-0.4, -0.2) is 22.5 Å². The molecule has 0 spiro atoms. The van der Waals surface area contributed by atoms with Crippen LogP contribution >= 0.6 is 11.3 Å². The highest BCUT2D eigenvalue weighted by atomic mass is 32.1. The molecule has 5 heteroatoms. The molecule has 0 aliphatic carbocycles. The Bertz CT molecular complexity index is 463. The van der Waals surface area contributed by atoms with E-state index in [9.17, 15) is 9.59 Å². The minimum Gasteiger partial charge on any atom is -0.481 e. The molecule has 0 aliphatic rings. The van der Waals surface area contributed by atoms with Crippen LogP contribution < -0.4 is 5.32 Å². The molecule has 0 bridgehead atoms. The van der Waals surface area contributed by atoms with Gasteiger partial charge in [-0.15, -0.1) is 11.3 Å². The molecule has 0 saturated carbocycles. The maximum Gasteiger partial charge on any atom is 0.305 e. The fourth-order valence-corrected chi connectivity index (χ4v) is 2.78. The average Bonchev–Trinajstić information content (AvgIpc) is 2.56. The van der Waals surface area contributed by atoms with Crippen molar-refractivity contribution in [1.82, 2.24) is 5.32 Å². The van der Waals surface area contributed by atoms with Gasteiger partial charge in [-0.1, -0.05) is 6.92 Å². The van der Waals surface area contributed by atoms with Crippen LogP contribution in [0.25, 0.3) is 0 Å². The second-order valence-electron chi connectivity index (χ2n) is 4.98. The quantitative estimate of drug-likeness (QED) is 0.863. The molecule has 0 aliphatic heterocycles. The van der Waals surface area contributed by atoms with Gasteiger partial charge in [-0.3, -0.25) is 9.59 Å². The zero-order valence-corrected chi connectivity index (χ0v) is 12.0. The van der Waals surface area contributed by atoms with E-state index in [1.165, 1.54) is 16.2 Å². The van der Waals surface area contributed by atoms with E-state index in [0.717, 1.165) is 12.0 Å². The summed E-state index contributed by atoms with van der Waals surface area (Å²) in [6.45, 7) is 7.45. The Labute approximate surface area is 111 Å². The first-order valence-electron chi connectivity index (χ1n) is 5.89. The topological polar surface area (TPSA) is 66.4 Å². The van der Waals surface area contributed by atoms with Gasteiger partial charge < -0.3 is 10.4 Å². The Morgan fingerprint density at radius 3 is 2.50 bits per heavy atom. The predicted molar refractivity (Wildman–Crippen MR) is 72.2 cm³/mol. The third kappa shape index (κ3) is 3.84. The summed E-state index contributed by atoms with van der Waals surface area (Å²) in [7, 11) is 0. The van der Waals surface area contributed by atoms with Crippen molar-refractivity contribution in [2.75, 3.05) is 0 Å². The lowest BCUT2D eigenvalue weighted by Crippen LogP contribution is -2.44. The number of carbonyl (C=O) groups excluding carboxylic acids is 1. The lowest BCUT2D eigenvalue weighted by molar-refractivity contribution is -0.138. The number of nitrogens with one attached hydrogen (secondary N) is 1. The highest BCUT2D eigenvalue weighted by molar-refractivity contribution is 7.14. The van der Waals surface area contributed by atoms with Crippen molar-refractivity contribution in [2.45, 2.75) is 46.1 Å². The second-order valence-corrected chi connectivity index (χ2v) is 6.12. The van der Waals surface area contributed by atoms with Crippen LogP contribution in [0.5, 0.6) is 0 Å². The summed E-state index contributed by atoms with van der Waals surface area (Å²) in [4.78, 5) is 24.6. The van der Waals surface area contributed by atoms with Crippen molar-refractivity contribution >= 4 is 23.2 Å². The lowest BCUT2D eigenvalue weighted by atomic mass is 10.0. The maximum absolute atomic E-state index is 12.0. The van der Waals surface area contributed by atoms with Crippen LogP contribution in [0.1, 0.15) is 47.3 Å². The number of amides is 1. The van der Waals surface area contributed by atoms with Crippen LogP contribution in [0, 0.1) is 6.92 Å². The zero-order valence-electron chi connectivity index (χ0n) is 11.2. The molecule has 4 nitrogen and oxygen atoms in total. The van der Waals surface area contributed by atoms with Crippen molar-refractivity contribution in [3.63, 3.8) is 0 Å². The van der Waals surface area contributed by atoms with Gasteiger partial charge in [-0.25, -0.2) is 0 Å².